The Morgan fingerprint density at radius 3 is 1.41 bits per heavy atom. The van der Waals surface area contributed by atoms with Crippen LogP contribution in [0.15, 0.2) is 244 Å². The minimum Gasteiger partial charge on any atom is -0.295 e. The number of hydrogen-bond acceptors (Lipinski definition) is 1. The van der Waals surface area contributed by atoms with Crippen molar-refractivity contribution in [2.75, 3.05) is 0 Å². The monoisotopic (exact) mass is 800 g/mol. The van der Waals surface area contributed by atoms with E-state index in [4.69, 9.17) is 4.98 Å². The predicted molar refractivity (Wildman–Crippen MR) is 259 cm³/mol. The van der Waals surface area contributed by atoms with Crippen molar-refractivity contribution in [1.82, 2.24) is 9.55 Å². The summed E-state index contributed by atoms with van der Waals surface area (Å²) in [4.78, 5) is 10.4. The highest BCUT2D eigenvalue weighted by Crippen LogP contribution is 2.73. The van der Waals surface area contributed by atoms with Crippen LogP contribution in [0.4, 0.5) is 0 Å². The van der Waals surface area contributed by atoms with Gasteiger partial charge in [-0.1, -0.05) is 172 Å². The first-order chi connectivity index (χ1) is 30.1. The number of benzene rings is 10. The van der Waals surface area contributed by atoms with Crippen LogP contribution in [0.3, 0.4) is 0 Å². The summed E-state index contributed by atoms with van der Waals surface area (Å²) < 4.78 is 2.38. The molecule has 0 aliphatic rings. The second-order valence-corrected chi connectivity index (χ2v) is 19.2. The normalized spacial score (nSPS) is 12.2. The maximum absolute atomic E-state index is 5.13. The molecule has 0 saturated carbocycles. The number of rotatable bonds is 8. The Bertz CT molecular complexity index is 3230. The lowest BCUT2D eigenvalue weighted by atomic mass is 9.84. The number of hydrogen-bond donors (Lipinski definition) is 0. The largest absolute Gasteiger partial charge is 0.295 e. The molecule has 0 amide bonds. The lowest BCUT2D eigenvalue weighted by Gasteiger charge is -2.42. The standard InChI is InChI=1S/C58H44N2S/c1-40(2)58-59-53-35-18-19-36-55(53)60(58)54-38-37-52(46-29-12-13-30-47(46)54)57-50-33-16-14-31-48(50)56(49-32-15-17-34-51(49)57)41-21-20-28-45(39-41)61(42-22-6-3-7-23-42,43-24-8-4-9-25-43)44-26-10-5-11-27-44/h3-40H,1-2H3. The van der Waals surface area contributed by atoms with Crippen molar-refractivity contribution in [1.29, 1.82) is 0 Å². The minimum atomic E-state index is -1.88. The van der Waals surface area contributed by atoms with Gasteiger partial charge in [0.05, 0.1) is 16.7 Å². The van der Waals surface area contributed by atoms with Crippen LogP contribution in [-0.2, 0) is 0 Å². The molecule has 3 heteroatoms. The molecule has 11 rings (SSSR count). The Morgan fingerprint density at radius 2 is 0.852 bits per heavy atom. The summed E-state index contributed by atoms with van der Waals surface area (Å²) in [6, 6.07) is 82.9. The van der Waals surface area contributed by atoms with Crippen LogP contribution in [0.25, 0.3) is 71.3 Å². The van der Waals surface area contributed by atoms with Gasteiger partial charge in [-0.15, -0.1) is 10.0 Å². The van der Waals surface area contributed by atoms with E-state index in [-0.39, 0.29) is 5.92 Å². The SMILES string of the molecule is CC(C)c1nc2ccccc2n1-c1ccc(-c2c3ccccc3c(-c3cccc(S(c4ccccc4)(c4ccccc4)c4ccccc4)c3)c3ccccc23)c2ccccc12. The van der Waals surface area contributed by atoms with E-state index in [2.05, 4.69) is 243 Å². The van der Waals surface area contributed by atoms with Gasteiger partial charge in [0.25, 0.3) is 0 Å². The predicted octanol–water partition coefficient (Wildman–Crippen LogP) is 16.3. The number of fused-ring (bicyclic) bond motifs is 4. The molecule has 0 radical (unpaired) electrons. The Hall–Kier alpha value is -7.20. The van der Waals surface area contributed by atoms with E-state index in [1.54, 1.807) is 0 Å². The molecule has 0 N–H and O–H groups in total. The zero-order chi connectivity index (χ0) is 40.9. The topological polar surface area (TPSA) is 17.8 Å². The molecule has 0 atom stereocenters. The number of imidazole rings is 1. The molecule has 0 unspecified atom stereocenters. The molecular weight excluding hydrogens is 757 g/mol. The number of para-hydroxylation sites is 2. The van der Waals surface area contributed by atoms with E-state index in [1.165, 1.54) is 74.2 Å². The molecule has 1 heterocycles. The van der Waals surface area contributed by atoms with Gasteiger partial charge in [-0.3, -0.25) is 4.57 Å². The van der Waals surface area contributed by atoms with Gasteiger partial charge in [0.1, 0.15) is 5.82 Å². The summed E-state index contributed by atoms with van der Waals surface area (Å²) in [5.41, 5.74) is 8.25. The summed E-state index contributed by atoms with van der Waals surface area (Å²) in [7, 11) is -1.88. The average Bonchev–Trinajstić information content (AvgIpc) is 3.72. The Balaban J connectivity index is 1.18. The van der Waals surface area contributed by atoms with Crippen molar-refractivity contribution in [2.24, 2.45) is 0 Å². The van der Waals surface area contributed by atoms with E-state index in [9.17, 15) is 0 Å². The minimum absolute atomic E-state index is 0.254. The van der Waals surface area contributed by atoms with Crippen LogP contribution in [0.5, 0.6) is 0 Å². The van der Waals surface area contributed by atoms with Gasteiger partial charge in [-0.25, -0.2) is 4.98 Å². The number of aromatic nitrogens is 2. The van der Waals surface area contributed by atoms with E-state index in [0.717, 1.165) is 22.5 Å². The fourth-order valence-corrected chi connectivity index (χ4v) is 13.6. The molecule has 11 aromatic rings. The van der Waals surface area contributed by atoms with Crippen LogP contribution >= 0.6 is 10.0 Å². The van der Waals surface area contributed by atoms with Gasteiger partial charge in [-0.2, -0.15) is 0 Å². The van der Waals surface area contributed by atoms with Gasteiger partial charge in [0.15, 0.2) is 0 Å². The van der Waals surface area contributed by atoms with Crippen molar-refractivity contribution < 1.29 is 0 Å². The van der Waals surface area contributed by atoms with Gasteiger partial charge in [-0.05, 0) is 116 Å². The van der Waals surface area contributed by atoms with E-state index >= 15 is 0 Å². The summed E-state index contributed by atoms with van der Waals surface area (Å²) in [5, 5.41) is 7.39. The van der Waals surface area contributed by atoms with Crippen LogP contribution in [0, 0.1) is 0 Å². The maximum atomic E-state index is 5.13. The smallest absolute Gasteiger partial charge is 0.117 e. The van der Waals surface area contributed by atoms with E-state index < -0.39 is 10.0 Å². The van der Waals surface area contributed by atoms with Crippen LogP contribution in [-0.4, -0.2) is 9.55 Å². The highest BCUT2D eigenvalue weighted by Gasteiger charge is 2.33. The molecule has 0 saturated heterocycles. The molecule has 61 heavy (non-hydrogen) atoms. The summed E-state index contributed by atoms with van der Waals surface area (Å²) in [6.07, 6.45) is 0. The lowest BCUT2D eigenvalue weighted by Crippen LogP contribution is -2.05. The number of nitrogens with zero attached hydrogens (tertiary/aromatic N) is 2. The molecule has 0 aliphatic heterocycles. The first-order valence-electron chi connectivity index (χ1n) is 21.2. The molecule has 0 fully saturated rings. The molecule has 0 spiro atoms. The summed E-state index contributed by atoms with van der Waals surface area (Å²) >= 11 is 0. The van der Waals surface area contributed by atoms with Crippen molar-refractivity contribution in [3.8, 4) is 27.9 Å². The average molecular weight is 801 g/mol. The quantitative estimate of drug-likeness (QED) is 0.140. The molecule has 292 valence electrons. The lowest BCUT2D eigenvalue weighted by molar-refractivity contribution is 0.761. The molecule has 0 aliphatic carbocycles. The third-order valence-corrected chi connectivity index (χ3v) is 16.1. The Labute approximate surface area is 358 Å². The maximum Gasteiger partial charge on any atom is 0.117 e. The second-order valence-electron chi connectivity index (χ2n) is 16.0. The van der Waals surface area contributed by atoms with Crippen molar-refractivity contribution in [3.63, 3.8) is 0 Å². The summed E-state index contributed by atoms with van der Waals surface area (Å²) in [5.74, 6) is 1.32. The van der Waals surface area contributed by atoms with E-state index in [1.807, 2.05) is 0 Å². The summed E-state index contributed by atoms with van der Waals surface area (Å²) in [6.45, 7) is 4.46. The molecule has 0 bridgehead atoms. The molecule has 10 aromatic carbocycles. The fraction of sp³-hybridized carbons (Fsp3) is 0.0517. The van der Waals surface area contributed by atoms with Gasteiger partial charge in [0.2, 0.25) is 0 Å². The second kappa shape index (κ2) is 15.1. The highest BCUT2D eigenvalue weighted by atomic mass is 32.3. The zero-order valence-electron chi connectivity index (χ0n) is 34.2. The van der Waals surface area contributed by atoms with Gasteiger partial charge < -0.3 is 0 Å². The Morgan fingerprint density at radius 1 is 0.393 bits per heavy atom. The highest BCUT2D eigenvalue weighted by molar-refractivity contribution is 8.34. The van der Waals surface area contributed by atoms with Crippen LogP contribution in [0.1, 0.15) is 25.6 Å². The third-order valence-electron chi connectivity index (χ3n) is 12.2. The fourth-order valence-electron chi connectivity index (χ4n) is 9.64. The van der Waals surface area contributed by atoms with Gasteiger partial charge >= 0.3 is 0 Å². The van der Waals surface area contributed by atoms with Crippen molar-refractivity contribution in [2.45, 2.75) is 39.3 Å². The van der Waals surface area contributed by atoms with Crippen LogP contribution in [0.2, 0.25) is 0 Å². The molecule has 2 nitrogen and oxygen atoms in total. The first kappa shape index (κ1) is 36.8. The van der Waals surface area contributed by atoms with Crippen molar-refractivity contribution >= 4 is 53.4 Å². The first-order valence-corrected chi connectivity index (χ1v) is 22.8. The van der Waals surface area contributed by atoms with Gasteiger partial charge in [0, 0.05) is 30.9 Å². The van der Waals surface area contributed by atoms with E-state index in [0.29, 0.717) is 0 Å². The Kier molecular flexibility index (Phi) is 9.13. The van der Waals surface area contributed by atoms with Crippen molar-refractivity contribution in [3.05, 3.63) is 230 Å². The molecule has 1 aromatic heterocycles. The molecular formula is C58H44N2S. The van der Waals surface area contributed by atoms with Crippen LogP contribution < -0.4 is 0 Å². The zero-order valence-corrected chi connectivity index (χ0v) is 35.1. The third kappa shape index (κ3) is 5.91.